The van der Waals surface area contributed by atoms with Gasteiger partial charge in [-0.25, -0.2) is 0 Å². The molecule has 5 heteroatoms. The fraction of sp³-hybridized carbons (Fsp3) is 0.381. The van der Waals surface area contributed by atoms with Gasteiger partial charge in [0.15, 0.2) is 5.78 Å². The Hall–Kier alpha value is -2.69. The molecule has 2 aromatic rings. The summed E-state index contributed by atoms with van der Waals surface area (Å²) in [6.07, 6.45) is 3.95. The van der Waals surface area contributed by atoms with Crippen molar-refractivity contribution in [2.75, 3.05) is 6.54 Å². The van der Waals surface area contributed by atoms with Crippen LogP contribution in [0, 0.1) is 0 Å². The number of rotatable bonds is 6. The first kappa shape index (κ1) is 18.1. The third-order valence-electron chi connectivity index (χ3n) is 4.89. The zero-order valence-corrected chi connectivity index (χ0v) is 15.0. The quantitative estimate of drug-likeness (QED) is 0.784. The van der Waals surface area contributed by atoms with Gasteiger partial charge in [0.05, 0.1) is 0 Å². The summed E-state index contributed by atoms with van der Waals surface area (Å²) in [6, 6.07) is 11.3. The molecule has 0 saturated carbocycles. The van der Waals surface area contributed by atoms with Crippen LogP contribution < -0.4 is 10.9 Å². The second-order valence-electron chi connectivity index (χ2n) is 6.81. The number of unbranched alkanes of at least 4 members (excludes halogenated alkanes) is 2. The average molecular weight is 352 g/mol. The van der Waals surface area contributed by atoms with Crippen LogP contribution in [0.2, 0.25) is 0 Å². The molecule has 1 amide bonds. The molecule has 0 saturated heterocycles. The smallest absolute Gasteiger partial charge is 0.261 e. The monoisotopic (exact) mass is 352 g/mol. The third kappa shape index (κ3) is 3.93. The highest BCUT2D eigenvalue weighted by Crippen LogP contribution is 2.31. The van der Waals surface area contributed by atoms with Crippen molar-refractivity contribution in [1.82, 2.24) is 10.3 Å². The summed E-state index contributed by atoms with van der Waals surface area (Å²) in [5, 5.41) is 2.76. The van der Waals surface area contributed by atoms with Gasteiger partial charge in [-0.1, -0.05) is 50.1 Å². The number of ketones is 1. The first-order valence-electron chi connectivity index (χ1n) is 9.22. The Morgan fingerprint density at radius 1 is 1.15 bits per heavy atom. The first-order valence-corrected chi connectivity index (χ1v) is 9.22. The maximum atomic E-state index is 12.6. The number of benzene rings is 1. The van der Waals surface area contributed by atoms with E-state index in [1.54, 1.807) is 0 Å². The average Bonchev–Trinajstić information content (AvgIpc) is 2.65. The number of hydrogen-bond donors (Lipinski definition) is 2. The number of aromatic amines is 1. The van der Waals surface area contributed by atoms with Gasteiger partial charge in [-0.3, -0.25) is 14.4 Å². The second kappa shape index (κ2) is 8.13. The fourth-order valence-corrected chi connectivity index (χ4v) is 3.43. The molecule has 0 bridgehead atoms. The topological polar surface area (TPSA) is 79.0 Å². The molecule has 0 spiro atoms. The van der Waals surface area contributed by atoms with Crippen molar-refractivity contribution in [2.45, 2.75) is 44.9 Å². The molecule has 0 radical (unpaired) electrons. The molecule has 0 fully saturated rings. The van der Waals surface area contributed by atoms with Crippen molar-refractivity contribution in [3.63, 3.8) is 0 Å². The van der Waals surface area contributed by atoms with Crippen molar-refractivity contribution in [1.29, 1.82) is 0 Å². The van der Waals surface area contributed by atoms with Gasteiger partial charge >= 0.3 is 0 Å². The third-order valence-corrected chi connectivity index (χ3v) is 4.89. The maximum Gasteiger partial charge on any atom is 0.261 e. The minimum atomic E-state index is -0.432. The molecule has 1 heterocycles. The van der Waals surface area contributed by atoms with E-state index in [1.807, 2.05) is 30.3 Å². The number of carbonyl (C=O) groups excluding carboxylic acids is 2. The van der Waals surface area contributed by atoms with Gasteiger partial charge in [0.2, 0.25) is 0 Å². The highest BCUT2D eigenvalue weighted by Gasteiger charge is 2.28. The second-order valence-corrected chi connectivity index (χ2v) is 6.81. The zero-order chi connectivity index (χ0) is 18.5. The van der Waals surface area contributed by atoms with Crippen LogP contribution in [-0.2, 0) is 6.42 Å². The molecule has 1 atom stereocenters. The molecule has 1 aliphatic rings. The van der Waals surface area contributed by atoms with Crippen LogP contribution in [0.15, 0.2) is 41.2 Å². The lowest BCUT2D eigenvalue weighted by Crippen LogP contribution is -2.33. The van der Waals surface area contributed by atoms with Crippen molar-refractivity contribution in [3.05, 3.63) is 69.1 Å². The predicted octanol–water partition coefficient (Wildman–Crippen LogP) is 3.21. The summed E-state index contributed by atoms with van der Waals surface area (Å²) >= 11 is 0. The highest BCUT2D eigenvalue weighted by molar-refractivity contribution is 6.02. The van der Waals surface area contributed by atoms with Crippen LogP contribution in [0.3, 0.4) is 0 Å². The summed E-state index contributed by atoms with van der Waals surface area (Å²) in [5.41, 5.74) is 1.77. The van der Waals surface area contributed by atoms with E-state index in [1.165, 1.54) is 6.07 Å². The number of H-pyrrole nitrogens is 1. The SMILES string of the molecule is CCCCCNC(=O)c1cc2c([nH]c1=O)C[C@@H](c1ccccc1)CC2=O. The Kier molecular flexibility index (Phi) is 5.66. The zero-order valence-electron chi connectivity index (χ0n) is 15.0. The number of hydrogen-bond acceptors (Lipinski definition) is 3. The molecular formula is C21H24N2O3. The van der Waals surface area contributed by atoms with Gasteiger partial charge in [0.25, 0.3) is 11.5 Å². The number of pyridine rings is 1. The molecule has 1 aliphatic carbocycles. The molecule has 5 nitrogen and oxygen atoms in total. The maximum absolute atomic E-state index is 12.6. The van der Waals surface area contributed by atoms with Gasteiger partial charge in [-0.2, -0.15) is 0 Å². The summed E-state index contributed by atoms with van der Waals surface area (Å²) in [6.45, 7) is 2.62. The molecule has 2 N–H and O–H groups in total. The lowest BCUT2D eigenvalue weighted by atomic mass is 9.81. The summed E-state index contributed by atoms with van der Waals surface area (Å²) in [5.74, 6) is -0.389. The van der Waals surface area contributed by atoms with E-state index < -0.39 is 11.5 Å². The molecule has 1 aromatic heterocycles. The molecule has 136 valence electrons. The van der Waals surface area contributed by atoms with Crippen molar-refractivity contribution >= 4 is 11.7 Å². The predicted molar refractivity (Wildman–Crippen MR) is 101 cm³/mol. The first-order chi connectivity index (χ1) is 12.6. The summed E-state index contributed by atoms with van der Waals surface area (Å²) in [4.78, 5) is 40.0. The number of Topliss-reactive ketones (excluding diaryl/α,β-unsaturated/α-hetero) is 1. The van der Waals surface area contributed by atoms with Gasteiger partial charge in [0, 0.05) is 24.2 Å². The lowest BCUT2D eigenvalue weighted by Gasteiger charge is -2.24. The van der Waals surface area contributed by atoms with Gasteiger partial charge in [-0.15, -0.1) is 0 Å². The molecule has 0 unspecified atom stereocenters. The molecular weight excluding hydrogens is 328 g/mol. The van der Waals surface area contributed by atoms with E-state index in [2.05, 4.69) is 17.2 Å². The van der Waals surface area contributed by atoms with E-state index in [4.69, 9.17) is 0 Å². The normalized spacial score (nSPS) is 16.2. The van der Waals surface area contributed by atoms with Crippen LogP contribution in [0.5, 0.6) is 0 Å². The number of fused-ring (bicyclic) bond motifs is 1. The number of aromatic nitrogens is 1. The van der Waals surface area contributed by atoms with E-state index >= 15 is 0 Å². The van der Waals surface area contributed by atoms with Gasteiger partial charge in [0.1, 0.15) is 5.56 Å². The fourth-order valence-electron chi connectivity index (χ4n) is 3.43. The highest BCUT2D eigenvalue weighted by atomic mass is 16.2. The van der Waals surface area contributed by atoms with Gasteiger partial charge in [-0.05, 0) is 30.4 Å². The Bertz CT molecular complexity index is 855. The minimum Gasteiger partial charge on any atom is -0.352 e. The van der Waals surface area contributed by atoms with Gasteiger partial charge < -0.3 is 10.3 Å². The largest absolute Gasteiger partial charge is 0.352 e. The minimum absolute atomic E-state index is 0.0201. The van der Waals surface area contributed by atoms with Crippen molar-refractivity contribution in [3.8, 4) is 0 Å². The Morgan fingerprint density at radius 2 is 1.92 bits per heavy atom. The van der Waals surface area contributed by atoms with Crippen LogP contribution in [0.4, 0.5) is 0 Å². The van der Waals surface area contributed by atoms with Crippen LogP contribution in [0.25, 0.3) is 0 Å². The number of amides is 1. The summed E-state index contributed by atoms with van der Waals surface area (Å²) in [7, 11) is 0. The molecule has 1 aromatic carbocycles. The van der Waals surface area contributed by atoms with Crippen molar-refractivity contribution in [2.24, 2.45) is 0 Å². The van der Waals surface area contributed by atoms with Crippen LogP contribution in [-0.4, -0.2) is 23.2 Å². The van der Waals surface area contributed by atoms with Crippen LogP contribution >= 0.6 is 0 Å². The van der Waals surface area contributed by atoms with Crippen molar-refractivity contribution < 1.29 is 9.59 Å². The standard InChI is InChI=1S/C21H24N2O3/c1-2-3-7-10-22-20(25)17-13-16-18(23-21(17)26)11-15(12-19(16)24)14-8-5-4-6-9-14/h4-6,8-9,13,15H,2-3,7,10-12H2,1H3,(H,22,25)(H,23,26)/t15-/m1/s1. The van der Waals surface area contributed by atoms with E-state index in [0.717, 1.165) is 24.8 Å². The molecule has 26 heavy (non-hydrogen) atoms. The lowest BCUT2D eigenvalue weighted by molar-refractivity contribution is 0.0951. The van der Waals surface area contributed by atoms with E-state index in [0.29, 0.717) is 30.6 Å². The van der Waals surface area contributed by atoms with E-state index in [9.17, 15) is 14.4 Å². The Labute approximate surface area is 152 Å². The number of nitrogens with one attached hydrogen (secondary N) is 2. The van der Waals surface area contributed by atoms with E-state index in [-0.39, 0.29) is 17.3 Å². The Balaban J connectivity index is 1.80. The van der Waals surface area contributed by atoms with Crippen LogP contribution in [0.1, 0.15) is 70.5 Å². The Morgan fingerprint density at radius 3 is 2.65 bits per heavy atom. The summed E-state index contributed by atoms with van der Waals surface area (Å²) < 4.78 is 0. The molecule has 3 rings (SSSR count). The number of carbonyl (C=O) groups is 2. The molecule has 0 aliphatic heterocycles.